The Balaban J connectivity index is 2.03. The first kappa shape index (κ1) is 12.2. The Hall–Kier alpha value is -2.81. The zero-order chi connectivity index (χ0) is 13.9. The fourth-order valence-corrected chi connectivity index (χ4v) is 2.08. The van der Waals surface area contributed by atoms with E-state index in [1.54, 1.807) is 18.2 Å². The van der Waals surface area contributed by atoms with Gasteiger partial charge >= 0.3 is 5.97 Å². The Morgan fingerprint density at radius 2 is 1.50 bits per heavy atom. The van der Waals surface area contributed by atoms with Gasteiger partial charge in [-0.1, -0.05) is 60.7 Å². The lowest BCUT2D eigenvalue weighted by Crippen LogP contribution is -1.97. The Kier molecular flexibility index (Phi) is 3.09. The molecule has 1 heterocycles. The Morgan fingerprint density at radius 3 is 2.15 bits per heavy atom. The maximum absolute atomic E-state index is 11.9. The molecule has 20 heavy (non-hydrogen) atoms. The molecule has 3 nitrogen and oxygen atoms in total. The minimum Gasteiger partial charge on any atom is -0.504 e. The predicted octanol–water partition coefficient (Wildman–Crippen LogP) is 3.55. The summed E-state index contributed by atoms with van der Waals surface area (Å²) in [4.78, 5) is 11.9. The van der Waals surface area contributed by atoms with E-state index in [2.05, 4.69) is 0 Å². The summed E-state index contributed by atoms with van der Waals surface area (Å²) in [5.74, 6) is -0.471. The van der Waals surface area contributed by atoms with Crippen LogP contribution < -0.4 is 0 Å². The molecule has 0 atom stereocenters. The average molecular weight is 264 g/mol. The molecular formula is C17H12O3. The van der Waals surface area contributed by atoms with Crippen LogP contribution in [0.25, 0.3) is 11.6 Å². The van der Waals surface area contributed by atoms with Gasteiger partial charge in [-0.05, 0) is 17.2 Å². The summed E-state index contributed by atoms with van der Waals surface area (Å²) < 4.78 is 5.14. The van der Waals surface area contributed by atoms with Gasteiger partial charge in [0.15, 0.2) is 11.5 Å². The van der Waals surface area contributed by atoms with E-state index in [1.165, 1.54) is 0 Å². The number of carbonyl (C=O) groups excluding carboxylic acids is 1. The third-order valence-corrected chi connectivity index (χ3v) is 3.04. The molecule has 0 saturated carbocycles. The van der Waals surface area contributed by atoms with Crippen molar-refractivity contribution in [2.75, 3.05) is 0 Å². The highest BCUT2D eigenvalue weighted by molar-refractivity contribution is 6.20. The van der Waals surface area contributed by atoms with Crippen LogP contribution in [0.3, 0.4) is 0 Å². The fourth-order valence-electron chi connectivity index (χ4n) is 2.08. The summed E-state index contributed by atoms with van der Waals surface area (Å²) >= 11 is 0. The van der Waals surface area contributed by atoms with Gasteiger partial charge in [-0.15, -0.1) is 0 Å². The highest BCUT2D eigenvalue weighted by atomic mass is 16.6. The van der Waals surface area contributed by atoms with Gasteiger partial charge < -0.3 is 9.84 Å². The van der Waals surface area contributed by atoms with Crippen molar-refractivity contribution >= 4 is 17.6 Å². The summed E-state index contributed by atoms with van der Waals surface area (Å²) in [5.41, 5.74) is 1.70. The molecule has 1 aliphatic rings. The molecular weight excluding hydrogens is 252 g/mol. The molecule has 3 rings (SSSR count). The first-order chi connectivity index (χ1) is 9.75. The van der Waals surface area contributed by atoms with Gasteiger partial charge in [0.25, 0.3) is 0 Å². The van der Waals surface area contributed by atoms with Crippen molar-refractivity contribution < 1.29 is 14.6 Å². The average Bonchev–Trinajstić information content (AvgIpc) is 2.75. The van der Waals surface area contributed by atoms with E-state index in [4.69, 9.17) is 4.74 Å². The molecule has 0 saturated heterocycles. The minimum atomic E-state index is -0.532. The minimum absolute atomic E-state index is 0.120. The van der Waals surface area contributed by atoms with Gasteiger partial charge in [-0.25, -0.2) is 4.79 Å². The van der Waals surface area contributed by atoms with Crippen LogP contribution in [0.4, 0.5) is 0 Å². The lowest BCUT2D eigenvalue weighted by Gasteiger charge is -1.98. The van der Waals surface area contributed by atoms with E-state index < -0.39 is 5.97 Å². The third-order valence-electron chi connectivity index (χ3n) is 3.04. The quantitative estimate of drug-likeness (QED) is 0.844. The number of hydrogen-bond acceptors (Lipinski definition) is 3. The SMILES string of the molecule is O=C1O/C(=C/c2ccccc2)C(O)=C1c1ccccc1. The largest absolute Gasteiger partial charge is 0.504 e. The monoisotopic (exact) mass is 264 g/mol. The normalized spacial score (nSPS) is 16.6. The van der Waals surface area contributed by atoms with Crippen molar-refractivity contribution in [2.24, 2.45) is 0 Å². The molecule has 1 aliphatic heterocycles. The van der Waals surface area contributed by atoms with Crippen LogP contribution in [0.15, 0.2) is 72.2 Å². The zero-order valence-electron chi connectivity index (χ0n) is 10.6. The van der Waals surface area contributed by atoms with Crippen LogP contribution in [0.2, 0.25) is 0 Å². The molecule has 0 aromatic heterocycles. The number of esters is 1. The lowest BCUT2D eigenvalue weighted by atomic mass is 10.1. The van der Waals surface area contributed by atoms with Gasteiger partial charge in [0.1, 0.15) is 5.57 Å². The third kappa shape index (κ3) is 2.21. The number of benzene rings is 2. The number of ether oxygens (including phenoxy) is 1. The van der Waals surface area contributed by atoms with Crippen LogP contribution in [0, 0.1) is 0 Å². The molecule has 2 aromatic carbocycles. The number of aliphatic hydroxyl groups excluding tert-OH is 1. The Morgan fingerprint density at radius 1 is 0.900 bits per heavy atom. The number of carbonyl (C=O) groups is 1. The number of cyclic esters (lactones) is 1. The molecule has 0 bridgehead atoms. The summed E-state index contributed by atoms with van der Waals surface area (Å²) in [6.07, 6.45) is 1.64. The first-order valence-electron chi connectivity index (χ1n) is 6.23. The lowest BCUT2D eigenvalue weighted by molar-refractivity contribution is -0.131. The zero-order valence-corrected chi connectivity index (χ0v) is 10.6. The van der Waals surface area contributed by atoms with Crippen molar-refractivity contribution in [3.8, 4) is 0 Å². The van der Waals surface area contributed by atoms with Crippen LogP contribution in [-0.4, -0.2) is 11.1 Å². The van der Waals surface area contributed by atoms with Crippen LogP contribution >= 0.6 is 0 Å². The number of rotatable bonds is 2. The number of aliphatic hydroxyl groups is 1. The van der Waals surface area contributed by atoms with Crippen molar-refractivity contribution in [2.45, 2.75) is 0 Å². The van der Waals surface area contributed by atoms with E-state index in [9.17, 15) is 9.90 Å². The molecule has 2 aromatic rings. The van der Waals surface area contributed by atoms with Gasteiger partial charge in [0, 0.05) is 0 Å². The second-order valence-corrected chi connectivity index (χ2v) is 4.40. The van der Waals surface area contributed by atoms with Gasteiger partial charge in [0.05, 0.1) is 0 Å². The van der Waals surface area contributed by atoms with E-state index in [1.807, 2.05) is 48.5 Å². The van der Waals surface area contributed by atoms with Crippen molar-refractivity contribution in [3.05, 3.63) is 83.3 Å². The first-order valence-corrected chi connectivity index (χ1v) is 6.23. The van der Waals surface area contributed by atoms with Crippen molar-refractivity contribution in [1.29, 1.82) is 0 Å². The van der Waals surface area contributed by atoms with Crippen LogP contribution in [0.1, 0.15) is 11.1 Å². The summed E-state index contributed by atoms with van der Waals surface area (Å²) in [6.45, 7) is 0. The topological polar surface area (TPSA) is 46.5 Å². The Labute approximate surface area is 116 Å². The van der Waals surface area contributed by atoms with Crippen molar-refractivity contribution in [1.82, 2.24) is 0 Å². The van der Waals surface area contributed by atoms with Gasteiger partial charge in [-0.3, -0.25) is 0 Å². The molecule has 0 fully saturated rings. The van der Waals surface area contributed by atoms with Gasteiger partial charge in [-0.2, -0.15) is 0 Å². The highest BCUT2D eigenvalue weighted by Gasteiger charge is 2.30. The fraction of sp³-hybridized carbons (Fsp3) is 0. The maximum atomic E-state index is 11.9. The smallest absolute Gasteiger partial charge is 0.348 e. The molecule has 3 heteroatoms. The standard InChI is InChI=1S/C17H12O3/c18-16-14(11-12-7-3-1-4-8-12)20-17(19)15(16)13-9-5-2-6-10-13/h1-11,18H/b14-11+. The molecule has 1 N–H and O–H groups in total. The van der Waals surface area contributed by atoms with Crippen molar-refractivity contribution in [3.63, 3.8) is 0 Å². The maximum Gasteiger partial charge on any atom is 0.348 e. The second-order valence-electron chi connectivity index (χ2n) is 4.40. The molecule has 0 radical (unpaired) electrons. The van der Waals surface area contributed by atoms with Gasteiger partial charge in [0.2, 0.25) is 0 Å². The van der Waals surface area contributed by atoms with E-state index in [0.717, 1.165) is 5.56 Å². The predicted molar refractivity (Wildman–Crippen MR) is 76.5 cm³/mol. The second kappa shape index (κ2) is 5.05. The summed E-state index contributed by atoms with van der Waals surface area (Å²) in [5, 5.41) is 10.2. The van der Waals surface area contributed by atoms with E-state index >= 15 is 0 Å². The Bertz CT molecular complexity index is 698. The molecule has 0 unspecified atom stereocenters. The molecule has 0 amide bonds. The van der Waals surface area contributed by atoms with E-state index in [0.29, 0.717) is 5.56 Å². The summed E-state index contributed by atoms with van der Waals surface area (Å²) in [6, 6.07) is 18.4. The molecule has 0 aliphatic carbocycles. The molecule has 0 spiro atoms. The summed E-state index contributed by atoms with van der Waals surface area (Å²) in [7, 11) is 0. The highest BCUT2D eigenvalue weighted by Crippen LogP contribution is 2.32. The van der Waals surface area contributed by atoms with Crippen LogP contribution in [0.5, 0.6) is 0 Å². The van der Waals surface area contributed by atoms with Crippen LogP contribution in [-0.2, 0) is 9.53 Å². The van der Waals surface area contributed by atoms with E-state index in [-0.39, 0.29) is 17.1 Å². The number of hydrogen-bond donors (Lipinski definition) is 1. The molecule has 98 valence electrons.